The first-order valence-electron chi connectivity index (χ1n) is 7.84. The molecule has 0 aliphatic carbocycles. The third kappa shape index (κ3) is 3.77. The zero-order chi connectivity index (χ0) is 16.2. The summed E-state index contributed by atoms with van der Waals surface area (Å²) in [5.74, 6) is 0.700. The average molecular weight is 335 g/mol. The molecule has 0 spiro atoms. The van der Waals surface area contributed by atoms with Crippen LogP contribution in [0.15, 0.2) is 16.2 Å². The van der Waals surface area contributed by atoms with Gasteiger partial charge in [0.2, 0.25) is 5.91 Å². The minimum atomic E-state index is -0.0887. The summed E-state index contributed by atoms with van der Waals surface area (Å²) >= 11 is 1.40. The number of piperidine rings is 1. The Morgan fingerprint density at radius 1 is 1.57 bits per heavy atom. The Balaban J connectivity index is 1.66. The Bertz CT molecular complexity index is 741. The van der Waals surface area contributed by atoms with Crippen molar-refractivity contribution in [3.8, 4) is 0 Å². The number of likely N-dealkylation sites (tertiary alicyclic amines) is 1. The molecule has 2 aromatic heterocycles. The highest BCUT2D eigenvalue weighted by atomic mass is 32.1. The van der Waals surface area contributed by atoms with E-state index >= 15 is 0 Å². The molecule has 0 aromatic carbocycles. The lowest BCUT2D eigenvalue weighted by Crippen LogP contribution is -2.44. The molecule has 1 saturated heterocycles. The second-order valence-electron chi connectivity index (χ2n) is 5.80. The fourth-order valence-electron chi connectivity index (χ4n) is 2.96. The SMILES string of the molecule is NCCNC(=O)C1CCCN(Cc2nc3ccsc3c(=O)[nH]2)C1. The fourth-order valence-corrected chi connectivity index (χ4v) is 3.69. The highest BCUT2D eigenvalue weighted by Crippen LogP contribution is 2.19. The number of hydrogen-bond donors (Lipinski definition) is 3. The van der Waals surface area contributed by atoms with Crippen LogP contribution in [0.2, 0.25) is 0 Å². The molecule has 1 atom stereocenters. The van der Waals surface area contributed by atoms with Crippen LogP contribution in [-0.2, 0) is 11.3 Å². The summed E-state index contributed by atoms with van der Waals surface area (Å²) in [6.07, 6.45) is 1.85. The van der Waals surface area contributed by atoms with Gasteiger partial charge in [0.05, 0.1) is 18.0 Å². The molecule has 0 bridgehead atoms. The van der Waals surface area contributed by atoms with Crippen LogP contribution in [0.1, 0.15) is 18.7 Å². The number of aromatic amines is 1. The van der Waals surface area contributed by atoms with Gasteiger partial charge in [-0.25, -0.2) is 4.98 Å². The Kier molecular flexibility index (Phi) is 5.04. The van der Waals surface area contributed by atoms with Crippen molar-refractivity contribution in [2.45, 2.75) is 19.4 Å². The molecular formula is C15H21N5O2S. The largest absolute Gasteiger partial charge is 0.355 e. The summed E-state index contributed by atoms with van der Waals surface area (Å²) in [7, 11) is 0. The lowest BCUT2D eigenvalue weighted by molar-refractivity contribution is -0.126. The van der Waals surface area contributed by atoms with Crippen molar-refractivity contribution in [1.82, 2.24) is 20.2 Å². The second kappa shape index (κ2) is 7.20. The molecule has 7 nitrogen and oxygen atoms in total. The van der Waals surface area contributed by atoms with Crippen LogP contribution in [0.25, 0.3) is 10.2 Å². The number of nitrogens with zero attached hydrogens (tertiary/aromatic N) is 2. The topological polar surface area (TPSA) is 104 Å². The van der Waals surface area contributed by atoms with Crippen LogP contribution in [0.3, 0.4) is 0 Å². The number of fused-ring (bicyclic) bond motifs is 1. The molecule has 1 aliphatic rings. The number of H-pyrrole nitrogens is 1. The number of carbonyl (C=O) groups is 1. The molecule has 1 aliphatic heterocycles. The molecule has 1 fully saturated rings. The van der Waals surface area contributed by atoms with Gasteiger partial charge in [-0.05, 0) is 30.8 Å². The van der Waals surface area contributed by atoms with E-state index < -0.39 is 0 Å². The van der Waals surface area contributed by atoms with Gasteiger partial charge in [0, 0.05) is 19.6 Å². The van der Waals surface area contributed by atoms with Gasteiger partial charge in [0.15, 0.2) is 0 Å². The molecule has 0 radical (unpaired) electrons. The minimum absolute atomic E-state index is 0.0214. The monoisotopic (exact) mass is 335 g/mol. The first-order valence-corrected chi connectivity index (χ1v) is 8.72. The van der Waals surface area contributed by atoms with E-state index in [1.54, 1.807) is 0 Å². The van der Waals surface area contributed by atoms with Crippen LogP contribution < -0.4 is 16.6 Å². The molecule has 8 heteroatoms. The molecule has 1 amide bonds. The van der Waals surface area contributed by atoms with Crippen molar-refractivity contribution in [2.24, 2.45) is 11.7 Å². The van der Waals surface area contributed by atoms with Gasteiger partial charge in [-0.2, -0.15) is 0 Å². The number of amides is 1. The Labute approximate surface area is 137 Å². The summed E-state index contributed by atoms with van der Waals surface area (Å²) in [6.45, 7) is 3.11. The van der Waals surface area contributed by atoms with E-state index in [2.05, 4.69) is 20.2 Å². The standard InChI is InChI=1S/C15H21N5O2S/c16-4-5-17-14(21)10-2-1-6-20(8-10)9-12-18-11-3-7-23-13(11)15(22)19-12/h3,7,10H,1-2,4-6,8-9,16H2,(H,17,21)(H,18,19,22). The van der Waals surface area contributed by atoms with E-state index in [1.165, 1.54) is 11.3 Å². The molecule has 1 unspecified atom stereocenters. The van der Waals surface area contributed by atoms with Crippen molar-refractivity contribution in [1.29, 1.82) is 0 Å². The highest BCUT2D eigenvalue weighted by Gasteiger charge is 2.26. The Morgan fingerprint density at radius 3 is 3.26 bits per heavy atom. The van der Waals surface area contributed by atoms with E-state index in [0.29, 0.717) is 36.7 Å². The highest BCUT2D eigenvalue weighted by molar-refractivity contribution is 7.17. The van der Waals surface area contributed by atoms with Crippen LogP contribution in [0.4, 0.5) is 0 Å². The number of aromatic nitrogens is 2. The van der Waals surface area contributed by atoms with E-state index in [4.69, 9.17) is 5.73 Å². The molecule has 23 heavy (non-hydrogen) atoms. The number of nitrogens with two attached hydrogens (primary N) is 1. The van der Waals surface area contributed by atoms with Crippen molar-refractivity contribution in [3.05, 3.63) is 27.6 Å². The van der Waals surface area contributed by atoms with Gasteiger partial charge < -0.3 is 16.0 Å². The maximum Gasteiger partial charge on any atom is 0.268 e. The van der Waals surface area contributed by atoms with Crippen LogP contribution >= 0.6 is 11.3 Å². The first-order chi connectivity index (χ1) is 11.2. The fraction of sp³-hybridized carbons (Fsp3) is 0.533. The third-order valence-corrected chi connectivity index (χ3v) is 4.96. The van der Waals surface area contributed by atoms with Crippen LogP contribution in [0, 0.1) is 5.92 Å². The Hall–Kier alpha value is -1.77. The zero-order valence-corrected chi connectivity index (χ0v) is 13.7. The third-order valence-electron chi connectivity index (χ3n) is 4.06. The van der Waals surface area contributed by atoms with Gasteiger partial charge in [0.1, 0.15) is 10.5 Å². The molecule has 2 aromatic rings. The number of nitrogens with one attached hydrogen (secondary N) is 2. The van der Waals surface area contributed by atoms with Crippen molar-refractivity contribution >= 4 is 27.5 Å². The van der Waals surface area contributed by atoms with E-state index in [0.717, 1.165) is 24.9 Å². The summed E-state index contributed by atoms with van der Waals surface area (Å²) in [5, 5.41) is 4.72. The summed E-state index contributed by atoms with van der Waals surface area (Å²) in [6, 6.07) is 1.86. The van der Waals surface area contributed by atoms with Gasteiger partial charge in [-0.15, -0.1) is 11.3 Å². The smallest absolute Gasteiger partial charge is 0.268 e. The lowest BCUT2D eigenvalue weighted by atomic mass is 9.97. The maximum atomic E-state index is 12.1. The molecule has 3 rings (SSSR count). The maximum absolute atomic E-state index is 12.1. The molecular weight excluding hydrogens is 314 g/mol. The lowest BCUT2D eigenvalue weighted by Gasteiger charge is -2.31. The molecule has 124 valence electrons. The van der Waals surface area contributed by atoms with E-state index in [1.807, 2.05) is 11.4 Å². The number of carbonyl (C=O) groups excluding carboxylic acids is 1. The number of thiophene rings is 1. The van der Waals surface area contributed by atoms with Crippen molar-refractivity contribution in [2.75, 3.05) is 26.2 Å². The van der Waals surface area contributed by atoms with Crippen molar-refractivity contribution < 1.29 is 4.79 Å². The quantitative estimate of drug-likeness (QED) is 0.728. The zero-order valence-electron chi connectivity index (χ0n) is 12.9. The predicted octanol–water partition coefficient (Wildman–Crippen LogP) is 0.271. The second-order valence-corrected chi connectivity index (χ2v) is 6.72. The summed E-state index contributed by atoms with van der Waals surface area (Å²) < 4.78 is 0.659. The van der Waals surface area contributed by atoms with E-state index in [-0.39, 0.29) is 17.4 Å². The summed E-state index contributed by atoms with van der Waals surface area (Å²) in [5.41, 5.74) is 6.07. The minimum Gasteiger partial charge on any atom is -0.355 e. The number of hydrogen-bond acceptors (Lipinski definition) is 6. The van der Waals surface area contributed by atoms with Gasteiger partial charge in [-0.3, -0.25) is 14.5 Å². The van der Waals surface area contributed by atoms with Gasteiger partial charge in [-0.1, -0.05) is 0 Å². The van der Waals surface area contributed by atoms with Crippen molar-refractivity contribution in [3.63, 3.8) is 0 Å². The molecule has 0 saturated carbocycles. The molecule has 4 N–H and O–H groups in total. The average Bonchev–Trinajstić information content (AvgIpc) is 3.02. The van der Waals surface area contributed by atoms with Gasteiger partial charge >= 0.3 is 0 Å². The Morgan fingerprint density at radius 2 is 2.43 bits per heavy atom. The molecule has 3 heterocycles. The van der Waals surface area contributed by atoms with Crippen LogP contribution in [0.5, 0.6) is 0 Å². The predicted molar refractivity (Wildman–Crippen MR) is 90.3 cm³/mol. The van der Waals surface area contributed by atoms with Crippen LogP contribution in [-0.4, -0.2) is 47.0 Å². The first kappa shape index (κ1) is 16.1. The van der Waals surface area contributed by atoms with E-state index in [9.17, 15) is 9.59 Å². The normalized spacial score (nSPS) is 19.1. The number of rotatable bonds is 5. The van der Waals surface area contributed by atoms with Gasteiger partial charge in [0.25, 0.3) is 5.56 Å². The summed E-state index contributed by atoms with van der Waals surface area (Å²) in [4.78, 5) is 33.6.